The molecule has 182 valence electrons. The molecule has 3 aromatic heterocycles. The zero-order valence-corrected chi connectivity index (χ0v) is 20.3. The van der Waals surface area contributed by atoms with Crippen LogP contribution in [0.4, 0.5) is 17.6 Å². The van der Waals surface area contributed by atoms with Crippen molar-refractivity contribution >= 4 is 45.0 Å². The van der Waals surface area contributed by atoms with Gasteiger partial charge in [0.2, 0.25) is 17.6 Å². The number of anilines is 3. The summed E-state index contributed by atoms with van der Waals surface area (Å²) in [6, 6.07) is 5.20. The lowest BCUT2D eigenvalue weighted by molar-refractivity contribution is -0.119. The van der Waals surface area contributed by atoms with Gasteiger partial charge in [0, 0.05) is 18.7 Å². The number of carbonyl (C=O) groups excluding carboxylic acids is 1. The molecule has 0 spiro atoms. The van der Waals surface area contributed by atoms with Crippen LogP contribution in [0.3, 0.4) is 0 Å². The predicted octanol–water partition coefficient (Wildman–Crippen LogP) is 3.10. The standard InChI is InChI=1S/C23H25N7O4S/c1-32-16-9-13(10-17(33-2)19(16)34-3)29-11-18(25-12-29)27-22-20-14(6-8-35-20)26-23(28-22)30-7-4-5-15(30)21(24)31/h6,8-12,15H,4-5,7H2,1-3H3,(H2,24,31)(H,26,27,28). The van der Waals surface area contributed by atoms with E-state index in [1.165, 1.54) is 11.3 Å². The Morgan fingerprint density at radius 3 is 2.63 bits per heavy atom. The fraction of sp³-hybridized carbons (Fsp3) is 0.304. The van der Waals surface area contributed by atoms with E-state index >= 15 is 0 Å². The maximum absolute atomic E-state index is 11.9. The summed E-state index contributed by atoms with van der Waals surface area (Å²) in [5, 5.41) is 5.26. The van der Waals surface area contributed by atoms with Crippen molar-refractivity contribution in [3.8, 4) is 22.9 Å². The minimum Gasteiger partial charge on any atom is -0.493 e. The molecular formula is C23H25N7O4S. The quantitative estimate of drug-likeness (QED) is 0.379. The molecule has 4 heterocycles. The molecule has 0 aliphatic carbocycles. The number of methoxy groups -OCH3 is 3. The molecule has 4 aromatic rings. The van der Waals surface area contributed by atoms with Crippen LogP contribution in [0.15, 0.2) is 36.1 Å². The molecule has 0 radical (unpaired) electrons. The Bertz CT molecular complexity index is 1360. The van der Waals surface area contributed by atoms with Gasteiger partial charge in [-0.05, 0) is 24.3 Å². The third kappa shape index (κ3) is 4.16. The third-order valence-electron chi connectivity index (χ3n) is 5.91. The highest BCUT2D eigenvalue weighted by Crippen LogP contribution is 2.39. The SMILES string of the molecule is COc1cc(-n2cnc(Nc3nc(N4CCCC4C(N)=O)nc4ccsc34)c2)cc(OC)c1OC. The van der Waals surface area contributed by atoms with Crippen LogP contribution < -0.4 is 30.2 Å². The van der Waals surface area contributed by atoms with Crippen molar-refractivity contribution in [2.75, 3.05) is 38.1 Å². The van der Waals surface area contributed by atoms with Crippen LogP contribution in [0, 0.1) is 0 Å². The van der Waals surface area contributed by atoms with E-state index in [1.54, 1.807) is 27.7 Å². The first kappa shape index (κ1) is 22.7. The Balaban J connectivity index is 1.48. The number of hydrogen-bond acceptors (Lipinski definition) is 10. The van der Waals surface area contributed by atoms with Gasteiger partial charge >= 0.3 is 0 Å². The molecular weight excluding hydrogens is 470 g/mol. The summed E-state index contributed by atoms with van der Waals surface area (Å²) in [4.78, 5) is 27.7. The molecule has 1 saturated heterocycles. The molecule has 3 N–H and O–H groups in total. The van der Waals surface area contributed by atoms with E-state index in [0.29, 0.717) is 47.8 Å². The maximum Gasteiger partial charge on any atom is 0.240 e. The Morgan fingerprint density at radius 1 is 1.17 bits per heavy atom. The summed E-state index contributed by atoms with van der Waals surface area (Å²) in [7, 11) is 4.71. The first-order valence-electron chi connectivity index (χ1n) is 10.9. The van der Waals surface area contributed by atoms with Gasteiger partial charge in [0.15, 0.2) is 17.3 Å². The number of rotatable bonds is 8. The number of ether oxygens (including phenoxy) is 3. The minimum atomic E-state index is -0.404. The summed E-state index contributed by atoms with van der Waals surface area (Å²) >= 11 is 1.53. The summed E-state index contributed by atoms with van der Waals surface area (Å²) < 4.78 is 19.1. The second-order valence-corrected chi connectivity index (χ2v) is 8.85. The number of nitrogens with one attached hydrogen (secondary N) is 1. The molecule has 5 rings (SSSR count). The molecule has 1 aliphatic heterocycles. The average molecular weight is 496 g/mol. The van der Waals surface area contributed by atoms with E-state index in [9.17, 15) is 4.79 Å². The van der Waals surface area contributed by atoms with E-state index < -0.39 is 6.04 Å². The van der Waals surface area contributed by atoms with Crippen molar-refractivity contribution in [2.45, 2.75) is 18.9 Å². The summed E-state index contributed by atoms with van der Waals surface area (Å²) in [5.74, 6) is 2.91. The van der Waals surface area contributed by atoms with Gasteiger partial charge < -0.3 is 34.7 Å². The van der Waals surface area contributed by atoms with Gasteiger partial charge in [-0.3, -0.25) is 4.79 Å². The van der Waals surface area contributed by atoms with Crippen molar-refractivity contribution in [2.24, 2.45) is 5.73 Å². The van der Waals surface area contributed by atoms with Crippen molar-refractivity contribution < 1.29 is 19.0 Å². The summed E-state index contributed by atoms with van der Waals surface area (Å²) in [6.45, 7) is 0.679. The van der Waals surface area contributed by atoms with Crippen LogP contribution in [0.1, 0.15) is 12.8 Å². The molecule has 1 amide bonds. The first-order valence-corrected chi connectivity index (χ1v) is 11.8. The van der Waals surface area contributed by atoms with Crippen molar-refractivity contribution in [1.29, 1.82) is 0 Å². The zero-order chi connectivity index (χ0) is 24.5. The molecule has 0 saturated carbocycles. The van der Waals surface area contributed by atoms with Crippen LogP contribution in [0.2, 0.25) is 0 Å². The van der Waals surface area contributed by atoms with Crippen LogP contribution >= 0.6 is 11.3 Å². The number of carbonyl (C=O) groups is 1. The van der Waals surface area contributed by atoms with Crippen LogP contribution in [0.5, 0.6) is 17.2 Å². The zero-order valence-electron chi connectivity index (χ0n) is 19.5. The summed E-state index contributed by atoms with van der Waals surface area (Å²) in [6.07, 6.45) is 5.08. The van der Waals surface area contributed by atoms with Crippen LogP contribution in [-0.4, -0.2) is 59.3 Å². The molecule has 1 unspecified atom stereocenters. The van der Waals surface area contributed by atoms with Gasteiger partial charge in [0.05, 0.1) is 43.4 Å². The smallest absolute Gasteiger partial charge is 0.240 e. The predicted molar refractivity (Wildman–Crippen MR) is 133 cm³/mol. The fourth-order valence-corrected chi connectivity index (χ4v) is 5.01. The molecule has 1 aliphatic rings. The van der Waals surface area contributed by atoms with Gasteiger partial charge in [-0.2, -0.15) is 4.98 Å². The monoisotopic (exact) mass is 495 g/mol. The third-order valence-corrected chi connectivity index (χ3v) is 6.82. The highest BCUT2D eigenvalue weighted by Gasteiger charge is 2.31. The van der Waals surface area contributed by atoms with Gasteiger partial charge in [-0.1, -0.05) is 0 Å². The lowest BCUT2D eigenvalue weighted by atomic mass is 10.2. The Hall–Kier alpha value is -4.06. The number of amides is 1. The Labute approximate surface area is 205 Å². The van der Waals surface area contributed by atoms with Gasteiger partial charge in [-0.25, -0.2) is 9.97 Å². The number of imidazole rings is 1. The topological polar surface area (TPSA) is 130 Å². The first-order chi connectivity index (χ1) is 17.0. The summed E-state index contributed by atoms with van der Waals surface area (Å²) in [5.41, 5.74) is 7.19. The number of nitrogens with two attached hydrogens (primary N) is 1. The van der Waals surface area contributed by atoms with E-state index in [2.05, 4.69) is 15.3 Å². The van der Waals surface area contributed by atoms with E-state index in [1.807, 2.05) is 39.2 Å². The van der Waals surface area contributed by atoms with Crippen LogP contribution in [-0.2, 0) is 4.79 Å². The number of aromatic nitrogens is 4. The Morgan fingerprint density at radius 2 is 1.94 bits per heavy atom. The lowest BCUT2D eigenvalue weighted by Crippen LogP contribution is -2.41. The van der Waals surface area contributed by atoms with Gasteiger partial charge in [-0.15, -0.1) is 11.3 Å². The molecule has 1 aromatic carbocycles. The van der Waals surface area contributed by atoms with Crippen LogP contribution in [0.25, 0.3) is 15.9 Å². The molecule has 11 nitrogen and oxygen atoms in total. The van der Waals surface area contributed by atoms with Gasteiger partial charge in [0.25, 0.3) is 0 Å². The van der Waals surface area contributed by atoms with Crippen molar-refractivity contribution in [1.82, 2.24) is 19.5 Å². The minimum absolute atomic E-state index is 0.366. The van der Waals surface area contributed by atoms with E-state index in [0.717, 1.165) is 22.3 Å². The lowest BCUT2D eigenvalue weighted by Gasteiger charge is -2.22. The largest absolute Gasteiger partial charge is 0.493 e. The number of primary amides is 1. The molecule has 1 fully saturated rings. The Kier molecular flexibility index (Phi) is 6.03. The number of nitrogens with zero attached hydrogens (tertiary/aromatic N) is 5. The second kappa shape index (κ2) is 9.29. The molecule has 12 heteroatoms. The van der Waals surface area contributed by atoms with E-state index in [-0.39, 0.29) is 5.91 Å². The number of hydrogen-bond donors (Lipinski definition) is 2. The number of benzene rings is 1. The molecule has 1 atom stereocenters. The molecule has 0 bridgehead atoms. The number of fused-ring (bicyclic) bond motifs is 1. The van der Waals surface area contributed by atoms with Crippen molar-refractivity contribution in [3.05, 3.63) is 36.1 Å². The normalized spacial score (nSPS) is 15.4. The fourth-order valence-electron chi connectivity index (χ4n) is 4.23. The number of thiophene rings is 1. The second-order valence-electron chi connectivity index (χ2n) is 7.94. The highest BCUT2D eigenvalue weighted by molar-refractivity contribution is 7.17. The molecule has 35 heavy (non-hydrogen) atoms. The van der Waals surface area contributed by atoms with E-state index in [4.69, 9.17) is 24.9 Å². The van der Waals surface area contributed by atoms with Gasteiger partial charge in [0.1, 0.15) is 18.2 Å². The van der Waals surface area contributed by atoms with Crippen molar-refractivity contribution in [3.63, 3.8) is 0 Å². The highest BCUT2D eigenvalue weighted by atomic mass is 32.1. The average Bonchev–Trinajstić information content (AvgIpc) is 3.63. The maximum atomic E-state index is 11.9.